The van der Waals surface area contributed by atoms with Crippen LogP contribution in [0.1, 0.15) is 34.9 Å². The van der Waals surface area contributed by atoms with E-state index < -0.39 is 12.1 Å². The first-order valence-corrected chi connectivity index (χ1v) is 7.58. The summed E-state index contributed by atoms with van der Waals surface area (Å²) < 4.78 is 41.7. The number of carbonyl (C=O) groups is 1. The molecule has 0 aliphatic heterocycles. The number of hydrogen-bond donors (Lipinski definition) is 1. The molecule has 26 heavy (non-hydrogen) atoms. The van der Waals surface area contributed by atoms with Gasteiger partial charge in [0.25, 0.3) is 5.91 Å². The molecule has 3 aromatic rings. The predicted molar refractivity (Wildman–Crippen MR) is 84.9 cm³/mol. The summed E-state index contributed by atoms with van der Waals surface area (Å²) >= 11 is 0. The second-order valence-electron chi connectivity index (χ2n) is 5.45. The van der Waals surface area contributed by atoms with Crippen molar-refractivity contribution in [2.75, 3.05) is 0 Å². The van der Waals surface area contributed by atoms with E-state index in [2.05, 4.69) is 25.0 Å². The third kappa shape index (κ3) is 3.88. The van der Waals surface area contributed by atoms with Crippen LogP contribution in [-0.4, -0.2) is 21.0 Å². The molecule has 0 fully saturated rings. The van der Waals surface area contributed by atoms with E-state index >= 15 is 0 Å². The summed E-state index contributed by atoms with van der Waals surface area (Å²) in [5, 5.41) is 6.10. The van der Waals surface area contributed by atoms with Crippen LogP contribution in [0.4, 0.5) is 13.2 Å². The molecule has 0 saturated carbocycles. The number of nitrogens with one attached hydrogen (secondary N) is 1. The second kappa shape index (κ2) is 6.95. The summed E-state index contributed by atoms with van der Waals surface area (Å²) in [6.45, 7) is 1.80. The molecule has 1 atom stereocenters. The molecule has 2 heterocycles. The molecule has 1 amide bonds. The van der Waals surface area contributed by atoms with Gasteiger partial charge in [0.1, 0.15) is 0 Å². The van der Waals surface area contributed by atoms with Gasteiger partial charge in [0, 0.05) is 17.3 Å². The topological polar surface area (TPSA) is 80.9 Å². The number of benzene rings is 1. The number of rotatable bonds is 4. The third-order valence-electron chi connectivity index (χ3n) is 3.55. The van der Waals surface area contributed by atoms with Crippen LogP contribution in [-0.2, 0) is 6.18 Å². The van der Waals surface area contributed by atoms with Gasteiger partial charge in [-0.1, -0.05) is 23.4 Å². The minimum Gasteiger partial charge on any atom is -0.344 e. The minimum absolute atomic E-state index is 0.203. The highest BCUT2D eigenvalue weighted by atomic mass is 19.4. The van der Waals surface area contributed by atoms with Crippen molar-refractivity contribution in [1.29, 1.82) is 0 Å². The summed E-state index contributed by atoms with van der Waals surface area (Å²) in [6, 6.07) is 10.9. The van der Waals surface area contributed by atoms with Gasteiger partial charge in [-0.05, 0) is 31.2 Å². The normalized spacial score (nSPS) is 12.6. The fourth-order valence-electron chi connectivity index (χ4n) is 2.21. The van der Waals surface area contributed by atoms with Gasteiger partial charge in [0.05, 0.1) is 11.7 Å². The van der Waals surface area contributed by atoms with Crippen molar-refractivity contribution in [2.24, 2.45) is 0 Å². The zero-order valence-electron chi connectivity index (χ0n) is 13.5. The molecule has 134 valence electrons. The number of alkyl halides is 3. The standard InChI is InChI=1S/C17H13F3N4O2/c1-10(13-4-2-3-9-21-13)22-15(25)12-7-5-11(6-8-12)14-23-16(26-24-14)17(18,19)20/h2-10H,1H3,(H,22,25)/t10-/m0/s1. The molecule has 0 aliphatic carbocycles. The Morgan fingerprint density at radius 2 is 1.88 bits per heavy atom. The molecular formula is C17H13F3N4O2. The van der Waals surface area contributed by atoms with Crippen LogP contribution in [0, 0.1) is 0 Å². The maximum absolute atomic E-state index is 12.5. The number of hydrogen-bond acceptors (Lipinski definition) is 5. The van der Waals surface area contributed by atoms with Gasteiger partial charge in [-0.3, -0.25) is 9.78 Å². The van der Waals surface area contributed by atoms with Crippen molar-refractivity contribution in [3.63, 3.8) is 0 Å². The van der Waals surface area contributed by atoms with Gasteiger partial charge in [0.15, 0.2) is 0 Å². The van der Waals surface area contributed by atoms with Gasteiger partial charge >= 0.3 is 12.1 Å². The lowest BCUT2D eigenvalue weighted by molar-refractivity contribution is -0.159. The summed E-state index contributed by atoms with van der Waals surface area (Å²) in [5.41, 5.74) is 1.36. The molecular weight excluding hydrogens is 349 g/mol. The third-order valence-corrected chi connectivity index (χ3v) is 3.55. The van der Waals surface area contributed by atoms with Crippen LogP contribution in [0.2, 0.25) is 0 Å². The molecule has 6 nitrogen and oxygen atoms in total. The maximum Gasteiger partial charge on any atom is 0.471 e. The molecule has 1 N–H and O–H groups in total. The first kappa shape index (κ1) is 17.6. The fourth-order valence-corrected chi connectivity index (χ4v) is 2.21. The Bertz CT molecular complexity index is 892. The molecule has 9 heteroatoms. The molecule has 2 aromatic heterocycles. The van der Waals surface area contributed by atoms with Crippen LogP contribution in [0.5, 0.6) is 0 Å². The van der Waals surface area contributed by atoms with E-state index in [-0.39, 0.29) is 17.8 Å². The predicted octanol–water partition coefficient (Wildman–Crippen LogP) is 3.64. The quantitative estimate of drug-likeness (QED) is 0.766. The fraction of sp³-hybridized carbons (Fsp3) is 0.176. The number of pyridine rings is 1. The molecule has 3 rings (SSSR count). The Morgan fingerprint density at radius 1 is 1.15 bits per heavy atom. The van der Waals surface area contributed by atoms with E-state index in [0.29, 0.717) is 16.8 Å². The van der Waals surface area contributed by atoms with Gasteiger partial charge in [-0.15, -0.1) is 0 Å². The Balaban J connectivity index is 1.71. The minimum atomic E-state index is -4.70. The van der Waals surface area contributed by atoms with Gasteiger partial charge in [-0.25, -0.2) is 0 Å². The van der Waals surface area contributed by atoms with Crippen molar-refractivity contribution in [2.45, 2.75) is 19.1 Å². The largest absolute Gasteiger partial charge is 0.471 e. The SMILES string of the molecule is C[C@H](NC(=O)c1ccc(-c2noc(C(F)(F)F)n2)cc1)c1ccccn1. The Hall–Kier alpha value is -3.23. The van der Waals surface area contributed by atoms with Crippen molar-refractivity contribution in [3.8, 4) is 11.4 Å². The van der Waals surface area contributed by atoms with E-state index in [9.17, 15) is 18.0 Å². The zero-order chi connectivity index (χ0) is 18.7. The molecule has 1 aromatic carbocycles. The van der Waals surface area contributed by atoms with E-state index in [4.69, 9.17) is 0 Å². The first-order valence-electron chi connectivity index (χ1n) is 7.58. The summed E-state index contributed by atoms with van der Waals surface area (Å²) in [6.07, 6.45) is -3.07. The van der Waals surface area contributed by atoms with Crippen molar-refractivity contribution in [3.05, 3.63) is 65.8 Å². The molecule has 0 radical (unpaired) electrons. The lowest BCUT2D eigenvalue weighted by Crippen LogP contribution is -2.27. The van der Waals surface area contributed by atoms with E-state index in [1.807, 2.05) is 6.07 Å². The first-order chi connectivity index (χ1) is 12.3. The number of nitrogens with zero attached hydrogens (tertiary/aromatic N) is 3. The van der Waals surface area contributed by atoms with Crippen molar-refractivity contribution >= 4 is 5.91 Å². The average Bonchev–Trinajstić information content (AvgIpc) is 3.13. The zero-order valence-corrected chi connectivity index (χ0v) is 13.5. The molecule has 0 saturated heterocycles. The molecule has 0 bridgehead atoms. The van der Waals surface area contributed by atoms with Crippen LogP contribution < -0.4 is 5.32 Å². The van der Waals surface area contributed by atoms with Gasteiger partial charge in [-0.2, -0.15) is 18.2 Å². The van der Waals surface area contributed by atoms with Crippen LogP contribution in [0.25, 0.3) is 11.4 Å². The number of aromatic nitrogens is 3. The monoisotopic (exact) mass is 362 g/mol. The highest BCUT2D eigenvalue weighted by Crippen LogP contribution is 2.29. The van der Waals surface area contributed by atoms with Crippen molar-refractivity contribution in [1.82, 2.24) is 20.4 Å². The van der Waals surface area contributed by atoms with Gasteiger partial charge < -0.3 is 9.84 Å². The van der Waals surface area contributed by atoms with Crippen molar-refractivity contribution < 1.29 is 22.5 Å². The summed E-state index contributed by atoms with van der Waals surface area (Å²) in [7, 11) is 0. The van der Waals surface area contributed by atoms with Crippen LogP contribution >= 0.6 is 0 Å². The van der Waals surface area contributed by atoms with Gasteiger partial charge in [0.2, 0.25) is 5.82 Å². The Morgan fingerprint density at radius 3 is 2.46 bits per heavy atom. The highest BCUT2D eigenvalue weighted by Gasteiger charge is 2.38. The maximum atomic E-state index is 12.5. The number of amides is 1. The van der Waals surface area contributed by atoms with E-state index in [0.717, 1.165) is 0 Å². The van der Waals surface area contributed by atoms with Crippen LogP contribution in [0.15, 0.2) is 53.2 Å². The summed E-state index contributed by atoms with van der Waals surface area (Å²) in [4.78, 5) is 19.7. The lowest BCUT2D eigenvalue weighted by atomic mass is 10.1. The summed E-state index contributed by atoms with van der Waals surface area (Å²) in [5.74, 6) is -1.96. The Labute approximate surface area is 146 Å². The smallest absolute Gasteiger partial charge is 0.344 e. The lowest BCUT2D eigenvalue weighted by Gasteiger charge is -2.13. The highest BCUT2D eigenvalue weighted by molar-refractivity contribution is 5.94. The van der Waals surface area contributed by atoms with E-state index in [1.54, 1.807) is 25.3 Å². The average molecular weight is 362 g/mol. The van der Waals surface area contributed by atoms with Crippen LogP contribution in [0.3, 0.4) is 0 Å². The molecule has 0 unspecified atom stereocenters. The molecule has 0 spiro atoms. The Kier molecular flexibility index (Phi) is 4.70. The molecule has 0 aliphatic rings. The van der Waals surface area contributed by atoms with E-state index in [1.165, 1.54) is 24.3 Å². The number of halogens is 3. The number of carbonyl (C=O) groups excluding carboxylic acids is 1. The second-order valence-corrected chi connectivity index (χ2v) is 5.45.